The van der Waals surface area contributed by atoms with Crippen LogP contribution in [0.1, 0.15) is 6.92 Å². The van der Waals surface area contributed by atoms with Crippen LogP contribution in [-0.4, -0.2) is 27.1 Å². The van der Waals surface area contributed by atoms with Gasteiger partial charge in [0.05, 0.1) is 14.1 Å². The van der Waals surface area contributed by atoms with Gasteiger partial charge in [0, 0.05) is 6.54 Å². The van der Waals surface area contributed by atoms with E-state index < -0.39 is 0 Å². The molecule has 3 N–H and O–H groups in total. The molecule has 0 spiro atoms. The number of carbonyl (C=O) groups excluding carboxylic acids is 1. The molecule has 0 heterocycles. The van der Waals surface area contributed by atoms with E-state index in [1.807, 2.05) is 26.3 Å². The van der Waals surface area contributed by atoms with Gasteiger partial charge in [-0.3, -0.25) is 4.79 Å². The molecule has 0 unspecified atom stereocenters. The highest BCUT2D eigenvalue weighted by Crippen LogP contribution is 1.37. The summed E-state index contributed by atoms with van der Waals surface area (Å²) in [6.45, 7) is 2.60. The summed E-state index contributed by atoms with van der Waals surface area (Å²) in [4.78, 5) is 9.29. The van der Waals surface area contributed by atoms with Crippen LogP contribution in [0.5, 0.6) is 0 Å². The van der Waals surface area contributed by atoms with Crippen molar-refractivity contribution in [2.75, 3.05) is 20.6 Å². The summed E-state index contributed by atoms with van der Waals surface area (Å²) in [6.07, 6.45) is 0.681. The Hall–Kier alpha value is -0.570. The first-order valence-electron chi connectivity index (χ1n) is 2.74. The van der Waals surface area contributed by atoms with Crippen LogP contribution in [0.4, 0.5) is 0 Å². The van der Waals surface area contributed by atoms with Gasteiger partial charge in [-0.25, -0.2) is 0 Å². The van der Waals surface area contributed by atoms with Crippen molar-refractivity contribution in [2.45, 2.75) is 6.92 Å². The molecule has 1 amide bonds. The van der Waals surface area contributed by atoms with Crippen molar-refractivity contribution in [1.82, 2.24) is 5.32 Å². The van der Waals surface area contributed by atoms with Crippen LogP contribution in [0.25, 0.3) is 0 Å². The number of amides is 1. The van der Waals surface area contributed by atoms with E-state index in [2.05, 4.69) is 5.32 Å². The minimum Gasteiger partial charge on any atom is -0.359 e. The van der Waals surface area contributed by atoms with Crippen LogP contribution in [0.2, 0.25) is 0 Å². The van der Waals surface area contributed by atoms with Crippen LogP contribution in [0.15, 0.2) is 0 Å². The van der Waals surface area contributed by atoms with Crippen molar-refractivity contribution in [3.05, 3.63) is 0 Å². The van der Waals surface area contributed by atoms with Crippen LogP contribution in [0, 0.1) is 0 Å². The van der Waals surface area contributed by atoms with Crippen molar-refractivity contribution in [2.24, 2.45) is 0 Å². The van der Waals surface area contributed by atoms with Crippen LogP contribution >= 0.6 is 0 Å². The number of quaternary nitrogens is 1. The van der Waals surface area contributed by atoms with E-state index in [1.165, 1.54) is 0 Å². The molecule has 0 aliphatic rings. The second-order valence-electron chi connectivity index (χ2n) is 1.25. The first-order valence-corrected chi connectivity index (χ1v) is 2.74. The van der Waals surface area contributed by atoms with E-state index in [0.29, 0.717) is 6.41 Å². The van der Waals surface area contributed by atoms with Crippen molar-refractivity contribution in [1.29, 1.82) is 0 Å². The lowest BCUT2D eigenvalue weighted by Crippen LogP contribution is -2.74. The van der Waals surface area contributed by atoms with Gasteiger partial charge < -0.3 is 10.6 Å². The first kappa shape index (κ1) is 10.4. The molecule has 0 atom stereocenters. The Morgan fingerprint density at radius 3 is 2.00 bits per heavy atom. The van der Waals surface area contributed by atoms with E-state index in [-0.39, 0.29) is 0 Å². The number of carbonyl (C=O) groups is 1. The predicted molar refractivity (Wildman–Crippen MR) is 33.5 cm³/mol. The topological polar surface area (TPSA) is 45.7 Å². The molecule has 0 rings (SSSR count). The zero-order chi connectivity index (χ0) is 6.83. The molecule has 3 heteroatoms. The lowest BCUT2D eigenvalue weighted by atomic mass is 10.8. The van der Waals surface area contributed by atoms with Gasteiger partial charge in [0.2, 0.25) is 6.41 Å². The van der Waals surface area contributed by atoms with Crippen molar-refractivity contribution in [3.63, 3.8) is 0 Å². The molecular weight excluding hydrogens is 104 g/mol. The van der Waals surface area contributed by atoms with Gasteiger partial charge in [0.25, 0.3) is 0 Å². The number of rotatable bonds is 2. The molecule has 50 valence electrons. The van der Waals surface area contributed by atoms with Crippen LogP contribution in [-0.2, 0) is 4.79 Å². The fourth-order valence-electron chi connectivity index (χ4n) is 0.0833. The van der Waals surface area contributed by atoms with E-state index >= 15 is 0 Å². The van der Waals surface area contributed by atoms with Gasteiger partial charge in [0.1, 0.15) is 0 Å². The summed E-state index contributed by atoms with van der Waals surface area (Å²) in [5, 5.41) is 4.43. The average molecular weight is 119 g/mol. The average Bonchev–Trinajstić information content (AvgIpc) is 1.71. The van der Waals surface area contributed by atoms with Gasteiger partial charge in [-0.2, -0.15) is 0 Å². The van der Waals surface area contributed by atoms with E-state index in [1.54, 1.807) is 0 Å². The summed E-state index contributed by atoms with van der Waals surface area (Å²) in [7, 11) is 4.00. The molecule has 0 aromatic heterocycles. The predicted octanol–water partition coefficient (Wildman–Crippen LogP) is -1.44. The highest BCUT2D eigenvalue weighted by molar-refractivity contribution is 5.45. The Morgan fingerprint density at radius 1 is 1.62 bits per heavy atom. The maximum absolute atomic E-state index is 9.29. The maximum Gasteiger partial charge on any atom is 0.207 e. The largest absolute Gasteiger partial charge is 0.359 e. The van der Waals surface area contributed by atoms with Crippen LogP contribution in [0.3, 0.4) is 0 Å². The van der Waals surface area contributed by atoms with E-state index in [0.717, 1.165) is 6.54 Å². The second kappa shape index (κ2) is 16.1. The third-order valence-corrected chi connectivity index (χ3v) is 0.287. The van der Waals surface area contributed by atoms with Crippen molar-refractivity contribution >= 4 is 6.41 Å². The van der Waals surface area contributed by atoms with Gasteiger partial charge >= 0.3 is 0 Å². The highest BCUT2D eigenvalue weighted by atomic mass is 16.1. The number of hydrogen-bond acceptors (Lipinski definition) is 1. The minimum atomic E-state index is 0.681. The smallest absolute Gasteiger partial charge is 0.207 e. The molecule has 0 saturated carbocycles. The van der Waals surface area contributed by atoms with Gasteiger partial charge in [-0.1, -0.05) is 0 Å². The van der Waals surface area contributed by atoms with Gasteiger partial charge in [-0.05, 0) is 6.92 Å². The molecule has 8 heavy (non-hydrogen) atoms. The third kappa shape index (κ3) is 52.1. The summed E-state index contributed by atoms with van der Waals surface area (Å²) >= 11 is 0. The lowest BCUT2D eigenvalue weighted by Gasteiger charge is -1.78. The molecule has 0 aromatic rings. The lowest BCUT2D eigenvalue weighted by molar-refractivity contribution is -0.597. The SMILES string of the molecule is CCNC=O.C[NH2+]C. The monoisotopic (exact) mass is 119 g/mol. The summed E-state index contributed by atoms with van der Waals surface area (Å²) in [5.41, 5.74) is 0. The Morgan fingerprint density at radius 2 is 2.00 bits per heavy atom. The zero-order valence-electron chi connectivity index (χ0n) is 5.77. The first-order chi connectivity index (χ1) is 3.83. The fraction of sp³-hybridized carbons (Fsp3) is 0.800. The van der Waals surface area contributed by atoms with E-state index in [9.17, 15) is 4.79 Å². The molecule has 0 radical (unpaired) electrons. The minimum absolute atomic E-state index is 0.681. The summed E-state index contributed by atoms with van der Waals surface area (Å²) < 4.78 is 0. The van der Waals surface area contributed by atoms with Crippen LogP contribution < -0.4 is 10.6 Å². The molecule has 0 bridgehead atoms. The van der Waals surface area contributed by atoms with Gasteiger partial charge in [-0.15, -0.1) is 0 Å². The number of nitrogens with two attached hydrogens (primary N) is 1. The van der Waals surface area contributed by atoms with Gasteiger partial charge in [0.15, 0.2) is 0 Å². The molecule has 3 nitrogen and oxygen atoms in total. The zero-order valence-corrected chi connectivity index (χ0v) is 5.77. The number of nitrogens with one attached hydrogen (secondary N) is 1. The summed E-state index contributed by atoms with van der Waals surface area (Å²) in [5.74, 6) is 0. The molecule has 0 fully saturated rings. The summed E-state index contributed by atoms with van der Waals surface area (Å²) in [6, 6.07) is 0. The molecular formula is C5H15N2O+. The molecule has 0 aromatic carbocycles. The van der Waals surface area contributed by atoms with Crippen molar-refractivity contribution in [3.8, 4) is 0 Å². The molecule has 0 saturated heterocycles. The maximum atomic E-state index is 9.29. The quantitative estimate of drug-likeness (QED) is 0.430. The standard InChI is InChI=1S/C3H7NO.C2H7N/c1-2-4-3-5;1-3-2/h3H,2H2,1H3,(H,4,5);3H,1-2H3/p+1. The van der Waals surface area contributed by atoms with E-state index in [4.69, 9.17) is 0 Å². The molecule has 0 aliphatic carbocycles. The number of hydrogen-bond donors (Lipinski definition) is 2. The Labute approximate surface area is 50.5 Å². The Kier molecular flexibility index (Phi) is 21.0. The molecule has 0 aliphatic heterocycles. The van der Waals surface area contributed by atoms with Crippen molar-refractivity contribution < 1.29 is 10.1 Å². The fourth-order valence-corrected chi connectivity index (χ4v) is 0.0833. The second-order valence-corrected chi connectivity index (χ2v) is 1.25. The normalized spacial score (nSPS) is 6.38. The Balaban J connectivity index is 0. The highest BCUT2D eigenvalue weighted by Gasteiger charge is 1.59. The third-order valence-electron chi connectivity index (χ3n) is 0.287. The Bertz CT molecular complexity index is 39.4.